The molecule has 1 aromatic carbocycles. The van der Waals surface area contributed by atoms with Crippen molar-refractivity contribution >= 4 is 17.7 Å². The predicted octanol–water partition coefficient (Wildman–Crippen LogP) is 3.72. The number of aliphatic hydroxyl groups is 1. The molecule has 218 valence electrons. The van der Waals surface area contributed by atoms with Gasteiger partial charge in [-0.05, 0) is 38.2 Å². The van der Waals surface area contributed by atoms with Crippen LogP contribution in [0.2, 0.25) is 0 Å². The van der Waals surface area contributed by atoms with Gasteiger partial charge in [0.15, 0.2) is 0 Å². The van der Waals surface area contributed by atoms with Crippen LogP contribution < -0.4 is 0 Å². The molecular formula is C32H45N3O5. The Morgan fingerprint density at radius 2 is 1.82 bits per heavy atom. The third-order valence-corrected chi connectivity index (χ3v) is 9.44. The van der Waals surface area contributed by atoms with Crippen molar-refractivity contribution in [1.82, 2.24) is 14.7 Å². The summed E-state index contributed by atoms with van der Waals surface area (Å²) in [4.78, 5) is 48.2. The van der Waals surface area contributed by atoms with Gasteiger partial charge in [-0.3, -0.25) is 14.4 Å². The molecule has 8 nitrogen and oxygen atoms in total. The normalized spacial score (nSPS) is 30.1. The fourth-order valence-corrected chi connectivity index (χ4v) is 7.55. The van der Waals surface area contributed by atoms with Crippen LogP contribution in [0.1, 0.15) is 64.5 Å². The largest absolute Gasteiger partial charge is 0.394 e. The highest BCUT2D eigenvalue weighted by Gasteiger charge is 2.79. The van der Waals surface area contributed by atoms with E-state index in [1.165, 1.54) is 0 Å². The van der Waals surface area contributed by atoms with Gasteiger partial charge in [0, 0.05) is 26.2 Å². The van der Waals surface area contributed by atoms with E-state index in [2.05, 4.69) is 20.1 Å². The highest BCUT2D eigenvalue weighted by atomic mass is 16.5. The first-order valence-corrected chi connectivity index (χ1v) is 14.6. The summed E-state index contributed by atoms with van der Waals surface area (Å²) in [7, 11) is 1.71. The van der Waals surface area contributed by atoms with E-state index < -0.39 is 35.1 Å². The molecule has 40 heavy (non-hydrogen) atoms. The lowest BCUT2D eigenvalue weighted by molar-refractivity contribution is -0.158. The number of hydrogen-bond acceptors (Lipinski definition) is 5. The van der Waals surface area contributed by atoms with Crippen molar-refractivity contribution < 1.29 is 24.2 Å². The van der Waals surface area contributed by atoms with Crippen molar-refractivity contribution in [1.29, 1.82) is 0 Å². The molecule has 4 rings (SSSR count). The summed E-state index contributed by atoms with van der Waals surface area (Å²) in [6.45, 7) is 14.1. The highest BCUT2D eigenvalue weighted by Crippen LogP contribution is 2.65. The minimum Gasteiger partial charge on any atom is -0.394 e. The number of rotatable bonds is 13. The van der Waals surface area contributed by atoms with Crippen molar-refractivity contribution in [3.05, 3.63) is 61.2 Å². The SMILES string of the molecule is C=CCN(C)C(=O)[C@@H]1[C@H]2C(=O)N([C@H](CO)c3ccccc3)C(C(=O)N(CC=C)C(C)CCC)C23CC[C@@]1(CC)O3. The Kier molecular flexibility index (Phi) is 8.90. The molecule has 2 bridgehead atoms. The molecule has 0 saturated carbocycles. The summed E-state index contributed by atoms with van der Waals surface area (Å²) in [5.41, 5.74) is -1.25. The van der Waals surface area contributed by atoms with E-state index in [0.29, 0.717) is 32.4 Å². The molecule has 0 aliphatic carbocycles. The molecule has 1 aromatic rings. The minimum atomic E-state index is -1.16. The second-order valence-electron chi connectivity index (χ2n) is 11.6. The number of nitrogens with zero attached hydrogens (tertiary/aromatic N) is 3. The monoisotopic (exact) mass is 551 g/mol. The number of aliphatic hydroxyl groups excluding tert-OH is 1. The van der Waals surface area contributed by atoms with Gasteiger partial charge in [-0.15, -0.1) is 13.2 Å². The number of carbonyl (C=O) groups is 3. The smallest absolute Gasteiger partial charge is 0.248 e. The van der Waals surface area contributed by atoms with Gasteiger partial charge in [-0.1, -0.05) is 62.8 Å². The van der Waals surface area contributed by atoms with Crippen molar-refractivity contribution in [3.63, 3.8) is 0 Å². The van der Waals surface area contributed by atoms with Gasteiger partial charge in [-0.25, -0.2) is 0 Å². The second kappa shape index (κ2) is 11.9. The molecule has 1 spiro atoms. The van der Waals surface area contributed by atoms with E-state index in [-0.39, 0.29) is 30.4 Å². The zero-order valence-corrected chi connectivity index (χ0v) is 24.4. The molecule has 1 N–H and O–H groups in total. The number of amides is 3. The average Bonchev–Trinajstić information content (AvgIpc) is 3.56. The van der Waals surface area contributed by atoms with Gasteiger partial charge < -0.3 is 24.5 Å². The first-order chi connectivity index (χ1) is 19.2. The first kappa shape index (κ1) is 30.0. The van der Waals surface area contributed by atoms with E-state index in [4.69, 9.17) is 4.74 Å². The molecule has 8 heteroatoms. The van der Waals surface area contributed by atoms with Crippen molar-refractivity contribution in [2.75, 3.05) is 26.7 Å². The molecule has 3 aliphatic heterocycles. The Hall–Kier alpha value is -2.97. The molecule has 3 heterocycles. The molecule has 3 unspecified atom stereocenters. The number of ether oxygens (including phenoxy) is 1. The Labute approximate surface area is 238 Å². The summed E-state index contributed by atoms with van der Waals surface area (Å²) in [6, 6.07) is 7.48. The summed E-state index contributed by atoms with van der Waals surface area (Å²) < 4.78 is 6.92. The Morgan fingerprint density at radius 3 is 2.40 bits per heavy atom. The van der Waals surface area contributed by atoms with E-state index in [1.54, 1.807) is 33.9 Å². The molecular weight excluding hydrogens is 506 g/mol. The molecule has 3 amide bonds. The lowest BCUT2D eigenvalue weighted by Gasteiger charge is -2.41. The van der Waals surface area contributed by atoms with Crippen molar-refractivity contribution in [3.8, 4) is 0 Å². The van der Waals surface area contributed by atoms with Gasteiger partial charge in [0.1, 0.15) is 11.6 Å². The van der Waals surface area contributed by atoms with E-state index in [0.717, 1.165) is 18.4 Å². The molecule has 0 aromatic heterocycles. The highest BCUT2D eigenvalue weighted by molar-refractivity contribution is 5.99. The summed E-state index contributed by atoms with van der Waals surface area (Å²) >= 11 is 0. The van der Waals surface area contributed by atoms with Crippen LogP contribution >= 0.6 is 0 Å². The predicted molar refractivity (Wildman–Crippen MR) is 154 cm³/mol. The maximum absolute atomic E-state index is 14.7. The maximum atomic E-state index is 14.7. The number of likely N-dealkylation sites (N-methyl/N-ethyl adjacent to an activating group) is 1. The summed E-state index contributed by atoms with van der Waals surface area (Å²) in [6.07, 6.45) is 6.70. The number of hydrogen-bond donors (Lipinski definition) is 1. The molecule has 0 radical (unpaired) electrons. The molecule has 3 aliphatic rings. The summed E-state index contributed by atoms with van der Waals surface area (Å²) in [5, 5.41) is 10.7. The van der Waals surface area contributed by atoms with Crippen LogP contribution in [0.25, 0.3) is 0 Å². The maximum Gasteiger partial charge on any atom is 0.248 e. The van der Waals surface area contributed by atoms with E-state index >= 15 is 0 Å². The van der Waals surface area contributed by atoms with Crippen LogP contribution in [0, 0.1) is 11.8 Å². The Morgan fingerprint density at radius 1 is 1.15 bits per heavy atom. The molecule has 3 saturated heterocycles. The molecule has 3 fully saturated rings. The van der Waals surface area contributed by atoms with Gasteiger partial charge in [0.05, 0.1) is 30.1 Å². The van der Waals surface area contributed by atoms with Crippen LogP contribution in [0.3, 0.4) is 0 Å². The van der Waals surface area contributed by atoms with E-state index in [9.17, 15) is 19.5 Å². The number of likely N-dealkylation sites (tertiary alicyclic amines) is 1. The van der Waals surface area contributed by atoms with E-state index in [1.807, 2.05) is 44.2 Å². The van der Waals surface area contributed by atoms with Crippen LogP contribution in [-0.2, 0) is 19.1 Å². The van der Waals surface area contributed by atoms with Crippen molar-refractivity contribution in [2.24, 2.45) is 11.8 Å². The van der Waals surface area contributed by atoms with Gasteiger partial charge >= 0.3 is 0 Å². The zero-order chi connectivity index (χ0) is 29.2. The third-order valence-electron chi connectivity index (χ3n) is 9.44. The van der Waals surface area contributed by atoms with Crippen LogP contribution in [0.4, 0.5) is 0 Å². The van der Waals surface area contributed by atoms with Gasteiger partial charge in [0.2, 0.25) is 17.7 Å². The van der Waals surface area contributed by atoms with Crippen LogP contribution in [-0.4, -0.2) is 87.6 Å². The van der Waals surface area contributed by atoms with Crippen LogP contribution in [0.15, 0.2) is 55.6 Å². The quantitative estimate of drug-likeness (QED) is 0.378. The lowest BCUT2D eigenvalue weighted by atomic mass is 9.64. The lowest BCUT2D eigenvalue weighted by Crippen LogP contribution is -2.58. The topological polar surface area (TPSA) is 90.4 Å². The second-order valence-corrected chi connectivity index (χ2v) is 11.6. The third kappa shape index (κ3) is 4.59. The fraction of sp³-hybridized carbons (Fsp3) is 0.594. The first-order valence-electron chi connectivity index (χ1n) is 14.6. The van der Waals surface area contributed by atoms with Gasteiger partial charge in [-0.2, -0.15) is 0 Å². The number of carbonyl (C=O) groups excluding carboxylic acids is 3. The molecule has 7 atom stereocenters. The standard InChI is InChI=1S/C32H45N3O5/c1-7-14-22(5)34(20-9-3)30(39)27-32-18-17-31(10-4,40-32)25(28(37)33(6)19-8-2)26(32)29(38)35(27)24(21-36)23-15-12-11-13-16-23/h8-9,11-13,15-16,22,24-27,36H,2-3,7,10,14,17-21H2,1,4-6H3/t22?,24-,25+,26+,27?,31-,32?/m1/s1. The van der Waals surface area contributed by atoms with Gasteiger partial charge in [0.25, 0.3) is 0 Å². The number of benzene rings is 1. The Bertz CT molecular complexity index is 1120. The average molecular weight is 552 g/mol. The van der Waals surface area contributed by atoms with Crippen molar-refractivity contribution in [2.45, 2.75) is 82.2 Å². The fourth-order valence-electron chi connectivity index (χ4n) is 7.55. The zero-order valence-electron chi connectivity index (χ0n) is 24.4. The Balaban J connectivity index is 1.89. The summed E-state index contributed by atoms with van der Waals surface area (Å²) in [5.74, 6) is -2.23. The number of fused-ring (bicyclic) bond motifs is 1. The van der Waals surface area contributed by atoms with Crippen LogP contribution in [0.5, 0.6) is 0 Å². The minimum absolute atomic E-state index is 0.0814.